The van der Waals surface area contributed by atoms with Crippen LogP contribution in [0.25, 0.3) is 0 Å². The van der Waals surface area contributed by atoms with Crippen molar-refractivity contribution in [3.8, 4) is 11.5 Å². The van der Waals surface area contributed by atoms with Gasteiger partial charge >= 0.3 is 0 Å². The lowest BCUT2D eigenvalue weighted by Crippen LogP contribution is -2.17. The van der Waals surface area contributed by atoms with Crippen molar-refractivity contribution in [2.24, 2.45) is 5.16 Å². The number of aryl methyl sites for hydroxylation is 2. The van der Waals surface area contributed by atoms with Crippen molar-refractivity contribution in [1.29, 1.82) is 0 Å². The van der Waals surface area contributed by atoms with Crippen molar-refractivity contribution >= 4 is 17.8 Å². The molecule has 0 aromatic heterocycles. The van der Waals surface area contributed by atoms with E-state index in [0.717, 1.165) is 28.8 Å². The van der Waals surface area contributed by atoms with Crippen LogP contribution in [-0.2, 0) is 9.63 Å². The molecule has 0 aliphatic carbocycles. The van der Waals surface area contributed by atoms with E-state index in [1.165, 1.54) is 6.21 Å². The van der Waals surface area contributed by atoms with E-state index in [1.807, 2.05) is 51.1 Å². The van der Waals surface area contributed by atoms with Gasteiger partial charge in [-0.1, -0.05) is 24.2 Å². The molecule has 6 heteroatoms. The molecule has 1 amide bonds. The van der Waals surface area contributed by atoms with Gasteiger partial charge in [-0.25, -0.2) is 0 Å². The van der Waals surface area contributed by atoms with Crippen LogP contribution in [0.15, 0.2) is 41.6 Å². The molecule has 6 nitrogen and oxygen atoms in total. The van der Waals surface area contributed by atoms with Crippen molar-refractivity contribution in [1.82, 2.24) is 0 Å². The Balaban J connectivity index is 1.88. The van der Waals surface area contributed by atoms with E-state index in [2.05, 4.69) is 10.5 Å². The van der Waals surface area contributed by atoms with E-state index >= 15 is 0 Å². The van der Waals surface area contributed by atoms with Gasteiger partial charge in [0.2, 0.25) is 0 Å². The van der Waals surface area contributed by atoms with Crippen LogP contribution < -0.4 is 14.8 Å². The molecule has 0 fully saturated rings. The smallest absolute Gasteiger partial charge is 0.265 e. The number of carbonyl (C=O) groups excluding carboxylic acids is 1. The lowest BCUT2D eigenvalue weighted by atomic mass is 10.1. The second kappa shape index (κ2) is 10.2. The van der Waals surface area contributed by atoms with Gasteiger partial charge in [-0.2, -0.15) is 0 Å². The van der Waals surface area contributed by atoms with Crippen LogP contribution in [0, 0.1) is 13.8 Å². The Morgan fingerprint density at radius 2 is 1.96 bits per heavy atom. The molecule has 0 saturated heterocycles. The number of oxime groups is 1. The van der Waals surface area contributed by atoms with Crippen molar-refractivity contribution in [3.05, 3.63) is 53.1 Å². The summed E-state index contributed by atoms with van der Waals surface area (Å²) < 4.78 is 10.9. The van der Waals surface area contributed by atoms with Crippen molar-refractivity contribution in [3.63, 3.8) is 0 Å². The number of rotatable bonds is 9. The Morgan fingerprint density at radius 3 is 2.70 bits per heavy atom. The number of methoxy groups -OCH3 is 1. The van der Waals surface area contributed by atoms with E-state index in [1.54, 1.807) is 13.2 Å². The number of ether oxygens (including phenoxy) is 2. The number of hydrogen-bond acceptors (Lipinski definition) is 5. The molecule has 0 saturated carbocycles. The summed E-state index contributed by atoms with van der Waals surface area (Å²) in [4.78, 5) is 17.1. The monoisotopic (exact) mass is 370 g/mol. The van der Waals surface area contributed by atoms with E-state index < -0.39 is 0 Å². The predicted molar refractivity (Wildman–Crippen MR) is 107 cm³/mol. The topological polar surface area (TPSA) is 69.2 Å². The van der Waals surface area contributed by atoms with Crippen molar-refractivity contribution < 1.29 is 19.1 Å². The predicted octanol–water partition coefficient (Wildman–Crippen LogP) is 4.09. The molecule has 0 aliphatic rings. The van der Waals surface area contributed by atoms with E-state index in [9.17, 15) is 4.79 Å². The first-order valence-electron chi connectivity index (χ1n) is 8.86. The van der Waals surface area contributed by atoms with Crippen LogP contribution in [0.3, 0.4) is 0 Å². The lowest BCUT2D eigenvalue weighted by Gasteiger charge is -2.10. The molecule has 0 atom stereocenters. The third-order valence-electron chi connectivity index (χ3n) is 3.79. The number of anilines is 1. The minimum atomic E-state index is -0.262. The number of nitrogens with zero attached hydrogens (tertiary/aromatic N) is 1. The quantitative estimate of drug-likeness (QED) is 0.533. The SMILES string of the molecule is CCCOc1ccc(C=NOCC(=O)Nc2cc(C)ccc2C)cc1OC. The van der Waals surface area contributed by atoms with Gasteiger partial charge < -0.3 is 19.6 Å². The van der Waals surface area contributed by atoms with E-state index in [0.29, 0.717) is 18.1 Å². The lowest BCUT2D eigenvalue weighted by molar-refractivity contribution is -0.120. The first-order valence-corrected chi connectivity index (χ1v) is 8.86. The molecule has 2 aromatic rings. The van der Waals surface area contributed by atoms with Crippen LogP contribution in [-0.4, -0.2) is 32.4 Å². The van der Waals surface area contributed by atoms with Gasteiger partial charge in [0.25, 0.3) is 5.91 Å². The largest absolute Gasteiger partial charge is 0.493 e. The number of nitrogens with one attached hydrogen (secondary N) is 1. The number of amides is 1. The summed E-state index contributed by atoms with van der Waals surface area (Å²) in [7, 11) is 1.59. The van der Waals surface area contributed by atoms with Gasteiger partial charge in [0.15, 0.2) is 18.1 Å². The van der Waals surface area contributed by atoms with Crippen LogP contribution in [0.5, 0.6) is 11.5 Å². The average Bonchev–Trinajstić information content (AvgIpc) is 2.66. The van der Waals surface area contributed by atoms with Gasteiger partial charge in [-0.05, 0) is 55.7 Å². The van der Waals surface area contributed by atoms with Crippen LogP contribution in [0.1, 0.15) is 30.0 Å². The maximum absolute atomic E-state index is 12.0. The highest BCUT2D eigenvalue weighted by Crippen LogP contribution is 2.27. The Morgan fingerprint density at radius 1 is 1.15 bits per heavy atom. The second-order valence-corrected chi connectivity index (χ2v) is 6.13. The third kappa shape index (κ3) is 6.33. The Hall–Kier alpha value is -3.02. The molecular formula is C21H26N2O4. The van der Waals surface area contributed by atoms with Crippen LogP contribution in [0.2, 0.25) is 0 Å². The fourth-order valence-electron chi connectivity index (χ4n) is 2.35. The fraction of sp³-hybridized carbons (Fsp3) is 0.333. The first-order chi connectivity index (χ1) is 13.0. The van der Waals surface area contributed by atoms with Gasteiger partial charge in [0, 0.05) is 11.3 Å². The van der Waals surface area contributed by atoms with E-state index in [4.69, 9.17) is 14.3 Å². The minimum absolute atomic E-state index is 0.168. The zero-order valence-electron chi connectivity index (χ0n) is 16.2. The Labute approximate surface area is 160 Å². The average molecular weight is 370 g/mol. The molecule has 27 heavy (non-hydrogen) atoms. The zero-order valence-corrected chi connectivity index (χ0v) is 16.2. The molecule has 0 spiro atoms. The number of benzene rings is 2. The van der Waals surface area contributed by atoms with Crippen LogP contribution >= 0.6 is 0 Å². The van der Waals surface area contributed by atoms with Gasteiger partial charge in [0.05, 0.1) is 19.9 Å². The summed E-state index contributed by atoms with van der Waals surface area (Å²) in [5, 5.41) is 6.67. The van der Waals surface area contributed by atoms with Crippen molar-refractivity contribution in [2.45, 2.75) is 27.2 Å². The number of hydrogen-bond donors (Lipinski definition) is 1. The summed E-state index contributed by atoms with van der Waals surface area (Å²) >= 11 is 0. The Kier molecular flexibility index (Phi) is 7.67. The second-order valence-electron chi connectivity index (χ2n) is 6.13. The maximum Gasteiger partial charge on any atom is 0.265 e. The fourth-order valence-corrected chi connectivity index (χ4v) is 2.35. The summed E-state index contributed by atoms with van der Waals surface area (Å²) in [5.41, 5.74) is 3.63. The van der Waals surface area contributed by atoms with Gasteiger partial charge in [-0.3, -0.25) is 4.79 Å². The molecule has 0 bridgehead atoms. The maximum atomic E-state index is 12.0. The summed E-state index contributed by atoms with van der Waals surface area (Å²) in [5.74, 6) is 1.05. The molecule has 2 aromatic carbocycles. The van der Waals surface area contributed by atoms with Gasteiger partial charge in [-0.15, -0.1) is 0 Å². The molecule has 0 heterocycles. The highest BCUT2D eigenvalue weighted by Gasteiger charge is 2.06. The molecule has 0 radical (unpaired) electrons. The molecule has 1 N–H and O–H groups in total. The third-order valence-corrected chi connectivity index (χ3v) is 3.79. The summed E-state index contributed by atoms with van der Waals surface area (Å²) in [6.07, 6.45) is 2.45. The number of carbonyl (C=O) groups is 1. The molecular weight excluding hydrogens is 344 g/mol. The Bertz CT molecular complexity index is 803. The highest BCUT2D eigenvalue weighted by molar-refractivity contribution is 5.92. The standard InChI is InChI=1S/C21H26N2O4/c1-5-10-26-19-9-8-17(12-20(19)25-4)13-22-27-14-21(24)23-18-11-15(2)6-7-16(18)3/h6-9,11-13H,5,10,14H2,1-4H3,(H,23,24). The first kappa shape index (κ1) is 20.3. The van der Waals surface area contributed by atoms with Crippen LogP contribution in [0.4, 0.5) is 5.69 Å². The molecule has 0 aliphatic heterocycles. The van der Waals surface area contributed by atoms with Crippen molar-refractivity contribution in [2.75, 3.05) is 25.6 Å². The molecule has 0 unspecified atom stereocenters. The van der Waals surface area contributed by atoms with Gasteiger partial charge in [0.1, 0.15) is 0 Å². The summed E-state index contributed by atoms with van der Waals surface area (Å²) in [6.45, 7) is 6.42. The van der Waals surface area contributed by atoms with E-state index in [-0.39, 0.29) is 12.5 Å². The summed E-state index contributed by atoms with van der Waals surface area (Å²) in [6, 6.07) is 11.3. The normalized spacial score (nSPS) is 10.7. The molecule has 144 valence electrons. The zero-order chi connectivity index (χ0) is 19.6. The highest BCUT2D eigenvalue weighted by atomic mass is 16.6. The molecule has 2 rings (SSSR count). The minimum Gasteiger partial charge on any atom is -0.493 e.